The molecule has 5 heteroatoms. The lowest BCUT2D eigenvalue weighted by Gasteiger charge is -2.31. The smallest absolute Gasteiger partial charge is 0.253 e. The van der Waals surface area contributed by atoms with Crippen LogP contribution in [0, 0.1) is 6.92 Å². The van der Waals surface area contributed by atoms with Crippen molar-refractivity contribution in [3.05, 3.63) is 70.8 Å². The van der Waals surface area contributed by atoms with Gasteiger partial charge >= 0.3 is 0 Å². The normalized spacial score (nSPS) is 15.7. The number of carbonyl (C=O) groups is 1. The van der Waals surface area contributed by atoms with Crippen LogP contribution in [-0.4, -0.2) is 44.5 Å². The zero-order valence-corrected chi connectivity index (χ0v) is 18.7. The maximum absolute atomic E-state index is 12.0. The second kappa shape index (κ2) is 9.79. The molecule has 1 aliphatic carbocycles. The second-order valence-electron chi connectivity index (χ2n) is 8.53. The van der Waals surface area contributed by atoms with Crippen molar-refractivity contribution in [2.75, 3.05) is 27.7 Å². The lowest BCUT2D eigenvalue weighted by atomic mass is 9.78. The number of guanidine groups is 1. The molecule has 0 spiro atoms. The van der Waals surface area contributed by atoms with Gasteiger partial charge in [0.15, 0.2) is 5.96 Å². The van der Waals surface area contributed by atoms with Crippen molar-refractivity contribution in [1.82, 2.24) is 15.5 Å². The summed E-state index contributed by atoms with van der Waals surface area (Å²) in [7, 11) is 5.34. The fourth-order valence-electron chi connectivity index (χ4n) is 4.28. The van der Waals surface area contributed by atoms with Gasteiger partial charge in [-0.25, -0.2) is 0 Å². The summed E-state index contributed by atoms with van der Waals surface area (Å²) >= 11 is 0. The van der Waals surface area contributed by atoms with Gasteiger partial charge in [-0.2, -0.15) is 0 Å². The van der Waals surface area contributed by atoms with Gasteiger partial charge in [-0.05, 0) is 43.0 Å². The number of amides is 1. The average Bonchev–Trinajstić information content (AvgIpc) is 3.24. The summed E-state index contributed by atoms with van der Waals surface area (Å²) in [5.41, 5.74) is 4.74. The molecule has 0 unspecified atom stereocenters. The molecule has 2 aromatic carbocycles. The topological polar surface area (TPSA) is 56.7 Å². The number of carbonyl (C=O) groups excluding carboxylic acids is 1. The molecule has 0 aliphatic heterocycles. The van der Waals surface area contributed by atoms with Crippen LogP contribution in [0.1, 0.15) is 52.7 Å². The Labute approximate surface area is 180 Å². The molecule has 1 amide bonds. The first-order chi connectivity index (χ1) is 14.4. The predicted octanol–water partition coefficient (Wildman–Crippen LogP) is 3.87. The van der Waals surface area contributed by atoms with Crippen molar-refractivity contribution < 1.29 is 4.79 Å². The molecule has 0 radical (unpaired) electrons. The number of nitrogens with one attached hydrogen (secondary N) is 2. The number of aryl methyl sites for hydroxylation is 1. The largest absolute Gasteiger partial charge is 0.356 e. The second-order valence-corrected chi connectivity index (χ2v) is 8.53. The van der Waals surface area contributed by atoms with Crippen molar-refractivity contribution in [2.45, 2.75) is 44.6 Å². The molecule has 0 heterocycles. The summed E-state index contributed by atoms with van der Waals surface area (Å²) in [5.74, 6) is 0.826. The zero-order chi connectivity index (χ0) is 21.6. The number of benzene rings is 2. The molecule has 1 saturated carbocycles. The molecule has 0 atom stereocenters. The van der Waals surface area contributed by atoms with Gasteiger partial charge in [0.05, 0.1) is 0 Å². The minimum Gasteiger partial charge on any atom is -0.356 e. The maximum Gasteiger partial charge on any atom is 0.253 e. The number of hydrogen-bond donors (Lipinski definition) is 2. The van der Waals surface area contributed by atoms with Crippen LogP contribution in [0.25, 0.3) is 0 Å². The number of nitrogens with zero attached hydrogens (tertiary/aromatic N) is 2. The van der Waals surface area contributed by atoms with Gasteiger partial charge in [-0.15, -0.1) is 0 Å². The summed E-state index contributed by atoms with van der Waals surface area (Å²) in [6, 6.07) is 16.7. The molecule has 30 heavy (non-hydrogen) atoms. The minimum absolute atomic E-state index is 0.0185. The Morgan fingerprint density at radius 2 is 1.77 bits per heavy atom. The Kier molecular flexibility index (Phi) is 7.14. The first kappa shape index (κ1) is 21.9. The highest BCUT2D eigenvalue weighted by atomic mass is 16.2. The van der Waals surface area contributed by atoms with Crippen molar-refractivity contribution in [3.63, 3.8) is 0 Å². The summed E-state index contributed by atoms with van der Waals surface area (Å²) in [6.07, 6.45) is 4.98. The first-order valence-electron chi connectivity index (χ1n) is 10.8. The van der Waals surface area contributed by atoms with Gasteiger partial charge in [0, 0.05) is 45.2 Å². The van der Waals surface area contributed by atoms with Gasteiger partial charge in [0.25, 0.3) is 5.91 Å². The maximum atomic E-state index is 12.0. The summed E-state index contributed by atoms with van der Waals surface area (Å²) in [5, 5.41) is 6.97. The van der Waals surface area contributed by atoms with Crippen molar-refractivity contribution in [1.29, 1.82) is 0 Å². The molecule has 3 rings (SSSR count). The molecular formula is C25H34N4O. The van der Waals surface area contributed by atoms with Crippen molar-refractivity contribution >= 4 is 11.9 Å². The number of hydrogen-bond acceptors (Lipinski definition) is 2. The van der Waals surface area contributed by atoms with E-state index in [1.807, 2.05) is 31.3 Å². The van der Waals surface area contributed by atoms with E-state index in [4.69, 9.17) is 0 Å². The van der Waals surface area contributed by atoms with Gasteiger partial charge in [0.1, 0.15) is 0 Å². The van der Waals surface area contributed by atoms with E-state index in [2.05, 4.69) is 46.8 Å². The van der Waals surface area contributed by atoms with Crippen LogP contribution in [0.15, 0.2) is 53.5 Å². The molecule has 0 saturated heterocycles. The molecule has 160 valence electrons. The summed E-state index contributed by atoms with van der Waals surface area (Å²) in [4.78, 5) is 18.0. The molecule has 2 N–H and O–H groups in total. The third-order valence-electron chi connectivity index (χ3n) is 6.08. The minimum atomic E-state index is 0.0185. The SMILES string of the molecule is CN=C(NCc1ccc(C(=O)N(C)C)cc1)NCC1(c2cccc(C)c2)CCCC1. The van der Waals surface area contributed by atoms with E-state index in [-0.39, 0.29) is 11.3 Å². The highest BCUT2D eigenvalue weighted by Gasteiger charge is 2.35. The van der Waals surface area contributed by atoms with E-state index in [0.717, 1.165) is 18.1 Å². The van der Waals surface area contributed by atoms with Crippen LogP contribution in [0.5, 0.6) is 0 Å². The van der Waals surface area contributed by atoms with Crippen molar-refractivity contribution in [3.8, 4) is 0 Å². The van der Waals surface area contributed by atoms with Crippen LogP contribution in [0.2, 0.25) is 0 Å². The Morgan fingerprint density at radius 3 is 2.37 bits per heavy atom. The summed E-state index contributed by atoms with van der Waals surface area (Å²) in [6.45, 7) is 3.71. The van der Waals surface area contributed by atoms with Gasteiger partial charge in [-0.1, -0.05) is 54.8 Å². The van der Waals surface area contributed by atoms with Crippen LogP contribution in [-0.2, 0) is 12.0 Å². The molecule has 0 aromatic heterocycles. The van der Waals surface area contributed by atoms with Crippen LogP contribution < -0.4 is 10.6 Å². The van der Waals surface area contributed by atoms with Crippen LogP contribution in [0.3, 0.4) is 0 Å². The molecular weight excluding hydrogens is 372 g/mol. The third-order valence-corrected chi connectivity index (χ3v) is 6.08. The van der Waals surface area contributed by atoms with Gasteiger partial charge in [-0.3, -0.25) is 9.79 Å². The molecule has 0 bridgehead atoms. The highest BCUT2D eigenvalue weighted by Crippen LogP contribution is 2.40. The Morgan fingerprint density at radius 1 is 1.07 bits per heavy atom. The zero-order valence-electron chi connectivity index (χ0n) is 18.7. The van der Waals surface area contributed by atoms with Crippen LogP contribution >= 0.6 is 0 Å². The number of aliphatic imine (C=N–C) groups is 1. The average molecular weight is 407 g/mol. The monoisotopic (exact) mass is 406 g/mol. The Bertz CT molecular complexity index is 880. The molecule has 1 fully saturated rings. The van der Waals surface area contributed by atoms with E-state index in [9.17, 15) is 4.79 Å². The predicted molar refractivity (Wildman–Crippen MR) is 124 cm³/mol. The van der Waals surface area contributed by atoms with E-state index in [1.165, 1.54) is 36.8 Å². The fraction of sp³-hybridized carbons (Fsp3) is 0.440. The Balaban J connectivity index is 1.60. The van der Waals surface area contributed by atoms with Crippen molar-refractivity contribution in [2.24, 2.45) is 4.99 Å². The molecule has 1 aliphatic rings. The van der Waals surface area contributed by atoms with E-state index in [1.54, 1.807) is 19.0 Å². The van der Waals surface area contributed by atoms with E-state index >= 15 is 0 Å². The Hall–Kier alpha value is -2.82. The third kappa shape index (κ3) is 5.21. The van der Waals surface area contributed by atoms with Gasteiger partial charge < -0.3 is 15.5 Å². The van der Waals surface area contributed by atoms with Gasteiger partial charge in [0.2, 0.25) is 0 Å². The quantitative estimate of drug-likeness (QED) is 0.566. The highest BCUT2D eigenvalue weighted by molar-refractivity contribution is 5.93. The lowest BCUT2D eigenvalue weighted by molar-refractivity contribution is 0.0827. The lowest BCUT2D eigenvalue weighted by Crippen LogP contribution is -2.44. The fourth-order valence-corrected chi connectivity index (χ4v) is 4.28. The molecule has 5 nitrogen and oxygen atoms in total. The van der Waals surface area contributed by atoms with E-state index < -0.39 is 0 Å². The number of rotatable bonds is 6. The van der Waals surface area contributed by atoms with E-state index in [0.29, 0.717) is 12.1 Å². The molecule has 2 aromatic rings. The standard InChI is InChI=1S/C25H34N4O/c1-19-8-7-9-22(16-19)25(14-5-6-15-25)18-28-24(26-2)27-17-20-10-12-21(13-11-20)23(30)29(3)4/h7-13,16H,5-6,14-15,17-18H2,1-4H3,(H2,26,27,28). The first-order valence-corrected chi connectivity index (χ1v) is 10.8. The summed E-state index contributed by atoms with van der Waals surface area (Å²) < 4.78 is 0. The van der Waals surface area contributed by atoms with Crippen LogP contribution in [0.4, 0.5) is 0 Å².